The Bertz CT molecular complexity index is 790. The zero-order valence-corrected chi connectivity index (χ0v) is 18.7. The summed E-state index contributed by atoms with van der Waals surface area (Å²) in [6.07, 6.45) is 0. The predicted octanol–water partition coefficient (Wildman–Crippen LogP) is 4.46. The molecule has 6 heteroatoms. The van der Waals surface area contributed by atoms with Gasteiger partial charge in [-0.05, 0) is 42.7 Å². The first-order valence-corrected chi connectivity index (χ1v) is 10.1. The molecule has 2 aromatic carbocycles. The van der Waals surface area contributed by atoms with Crippen molar-refractivity contribution in [1.82, 2.24) is 4.90 Å². The van der Waals surface area contributed by atoms with Gasteiger partial charge in [0.1, 0.15) is 23.9 Å². The van der Waals surface area contributed by atoms with E-state index >= 15 is 0 Å². The number of aryl methyl sites for hydroxylation is 1. The molecule has 29 heavy (non-hydrogen) atoms. The van der Waals surface area contributed by atoms with Gasteiger partial charge in [-0.25, -0.2) is 0 Å². The van der Waals surface area contributed by atoms with Crippen LogP contribution in [0.3, 0.4) is 0 Å². The van der Waals surface area contributed by atoms with Crippen molar-refractivity contribution < 1.29 is 14.6 Å². The Morgan fingerprint density at radius 3 is 2.38 bits per heavy atom. The zero-order chi connectivity index (χ0) is 20.1. The molecule has 0 unspecified atom stereocenters. The van der Waals surface area contributed by atoms with Crippen molar-refractivity contribution in [2.45, 2.75) is 26.7 Å². The van der Waals surface area contributed by atoms with E-state index in [0.29, 0.717) is 18.3 Å². The van der Waals surface area contributed by atoms with Crippen molar-refractivity contribution >= 4 is 18.1 Å². The number of hydrogen-bond donors (Lipinski definition) is 1. The van der Waals surface area contributed by atoms with Crippen molar-refractivity contribution in [3.8, 4) is 17.2 Å². The second-order valence-electron chi connectivity index (χ2n) is 7.68. The molecule has 160 valence electrons. The lowest BCUT2D eigenvalue weighted by Gasteiger charge is -2.36. The molecule has 5 nitrogen and oxygen atoms in total. The van der Waals surface area contributed by atoms with Crippen LogP contribution in [0.25, 0.3) is 0 Å². The number of benzene rings is 2. The lowest BCUT2D eigenvalue weighted by atomic mass is 10.00. The fourth-order valence-corrected chi connectivity index (χ4v) is 3.65. The molecule has 1 fully saturated rings. The summed E-state index contributed by atoms with van der Waals surface area (Å²) in [6, 6.07) is 12.0. The topological polar surface area (TPSA) is 45.2 Å². The first kappa shape index (κ1) is 23.2. The second kappa shape index (κ2) is 10.6. The van der Waals surface area contributed by atoms with E-state index in [1.165, 1.54) is 5.69 Å². The molecule has 1 saturated heterocycles. The molecule has 0 saturated carbocycles. The molecule has 0 aromatic heterocycles. The molecule has 0 atom stereocenters. The average molecular weight is 421 g/mol. The van der Waals surface area contributed by atoms with Gasteiger partial charge in [0.2, 0.25) is 0 Å². The third kappa shape index (κ3) is 5.71. The van der Waals surface area contributed by atoms with Crippen LogP contribution < -0.4 is 14.4 Å². The van der Waals surface area contributed by atoms with E-state index in [2.05, 4.69) is 35.8 Å². The molecule has 2 aromatic rings. The highest BCUT2D eigenvalue weighted by molar-refractivity contribution is 5.85. The summed E-state index contributed by atoms with van der Waals surface area (Å²) in [5.74, 6) is 2.47. The van der Waals surface area contributed by atoms with Crippen molar-refractivity contribution in [3.63, 3.8) is 0 Å². The van der Waals surface area contributed by atoms with Crippen molar-refractivity contribution in [1.29, 1.82) is 0 Å². The Labute approximate surface area is 180 Å². The number of phenols is 1. The fourth-order valence-electron chi connectivity index (χ4n) is 3.65. The minimum Gasteiger partial charge on any atom is -0.508 e. The first-order chi connectivity index (χ1) is 13.5. The smallest absolute Gasteiger partial charge is 0.142 e. The fraction of sp³-hybridized carbons (Fsp3) is 0.478. The molecule has 1 N–H and O–H groups in total. The summed E-state index contributed by atoms with van der Waals surface area (Å²) >= 11 is 0. The number of aromatic hydroxyl groups is 1. The quantitative estimate of drug-likeness (QED) is 0.716. The summed E-state index contributed by atoms with van der Waals surface area (Å²) in [6.45, 7) is 11.7. The Hall–Kier alpha value is -2.11. The number of para-hydroxylation sites is 2. The monoisotopic (exact) mass is 420 g/mol. The van der Waals surface area contributed by atoms with Crippen molar-refractivity contribution in [3.05, 3.63) is 47.5 Å². The maximum absolute atomic E-state index is 9.98. The highest BCUT2D eigenvalue weighted by Crippen LogP contribution is 2.33. The number of piperazine rings is 1. The van der Waals surface area contributed by atoms with Gasteiger partial charge in [-0.1, -0.05) is 26.0 Å². The number of ether oxygens (including phenoxy) is 2. The van der Waals surface area contributed by atoms with E-state index in [1.807, 2.05) is 31.2 Å². The Morgan fingerprint density at radius 2 is 1.72 bits per heavy atom. The Balaban J connectivity index is 0.00000300. The summed E-state index contributed by atoms with van der Waals surface area (Å²) < 4.78 is 11.6. The molecule has 0 radical (unpaired) electrons. The van der Waals surface area contributed by atoms with Crippen LogP contribution in [-0.2, 0) is 0 Å². The van der Waals surface area contributed by atoms with Crippen LogP contribution in [0.1, 0.15) is 30.9 Å². The van der Waals surface area contributed by atoms with Crippen LogP contribution in [0.2, 0.25) is 0 Å². The van der Waals surface area contributed by atoms with E-state index in [1.54, 1.807) is 7.11 Å². The maximum Gasteiger partial charge on any atom is 0.142 e. The Kier molecular flexibility index (Phi) is 8.47. The lowest BCUT2D eigenvalue weighted by molar-refractivity contribution is 0.199. The summed E-state index contributed by atoms with van der Waals surface area (Å²) in [5, 5.41) is 9.98. The van der Waals surface area contributed by atoms with Crippen LogP contribution in [0.4, 0.5) is 5.69 Å². The molecule has 1 heterocycles. The normalized spacial score (nSPS) is 14.6. The maximum atomic E-state index is 9.98. The van der Waals surface area contributed by atoms with E-state index < -0.39 is 0 Å². The van der Waals surface area contributed by atoms with Gasteiger partial charge in [-0.15, -0.1) is 12.4 Å². The zero-order valence-electron chi connectivity index (χ0n) is 17.9. The van der Waals surface area contributed by atoms with Crippen LogP contribution in [0.5, 0.6) is 17.2 Å². The summed E-state index contributed by atoms with van der Waals surface area (Å²) in [4.78, 5) is 4.82. The summed E-state index contributed by atoms with van der Waals surface area (Å²) in [5.41, 5.74) is 3.08. The highest BCUT2D eigenvalue weighted by Gasteiger charge is 2.19. The minimum atomic E-state index is 0. The second-order valence-corrected chi connectivity index (χ2v) is 7.68. The third-order valence-corrected chi connectivity index (χ3v) is 5.41. The number of hydrogen-bond acceptors (Lipinski definition) is 5. The Morgan fingerprint density at radius 1 is 1.03 bits per heavy atom. The van der Waals surface area contributed by atoms with Gasteiger partial charge in [-0.3, -0.25) is 4.90 Å². The number of anilines is 1. The van der Waals surface area contributed by atoms with E-state index in [-0.39, 0.29) is 12.4 Å². The van der Waals surface area contributed by atoms with Gasteiger partial charge in [0.25, 0.3) is 0 Å². The molecule has 3 rings (SSSR count). The standard InChI is InChI=1S/C23H32N2O3.ClH/c1-17(2)19-16-21(26)18(3)15-23(19)28-14-13-24-9-11-25(12-10-24)20-7-5-6-8-22(20)27-4;/h5-8,15-17,26H,9-14H2,1-4H3;1H. The average Bonchev–Trinajstić information content (AvgIpc) is 2.70. The van der Waals surface area contributed by atoms with Gasteiger partial charge in [0, 0.05) is 38.3 Å². The molecule has 0 bridgehead atoms. The molecular weight excluding hydrogens is 388 g/mol. The first-order valence-electron chi connectivity index (χ1n) is 10.1. The van der Waals surface area contributed by atoms with Gasteiger partial charge in [0.05, 0.1) is 12.8 Å². The van der Waals surface area contributed by atoms with E-state index in [4.69, 9.17) is 9.47 Å². The van der Waals surface area contributed by atoms with E-state index in [0.717, 1.165) is 55.3 Å². The van der Waals surface area contributed by atoms with Crippen LogP contribution >= 0.6 is 12.4 Å². The molecule has 1 aliphatic heterocycles. The van der Waals surface area contributed by atoms with Crippen LogP contribution in [0.15, 0.2) is 36.4 Å². The van der Waals surface area contributed by atoms with E-state index in [9.17, 15) is 5.11 Å². The lowest BCUT2D eigenvalue weighted by Crippen LogP contribution is -2.47. The van der Waals surface area contributed by atoms with Gasteiger partial charge in [0.15, 0.2) is 0 Å². The number of phenolic OH excluding ortho intramolecular Hbond substituents is 1. The van der Waals surface area contributed by atoms with Crippen LogP contribution in [-0.4, -0.2) is 56.4 Å². The largest absolute Gasteiger partial charge is 0.508 e. The number of halogens is 1. The van der Waals surface area contributed by atoms with Crippen molar-refractivity contribution in [2.75, 3.05) is 51.3 Å². The van der Waals surface area contributed by atoms with Gasteiger partial charge >= 0.3 is 0 Å². The van der Waals surface area contributed by atoms with Crippen LogP contribution in [0, 0.1) is 6.92 Å². The van der Waals surface area contributed by atoms with Crippen molar-refractivity contribution in [2.24, 2.45) is 0 Å². The number of rotatable bonds is 7. The predicted molar refractivity (Wildman–Crippen MR) is 121 cm³/mol. The molecule has 0 aliphatic carbocycles. The number of methoxy groups -OCH3 is 1. The molecule has 0 amide bonds. The highest BCUT2D eigenvalue weighted by atomic mass is 35.5. The minimum absolute atomic E-state index is 0. The molecule has 1 aliphatic rings. The molecule has 0 spiro atoms. The summed E-state index contributed by atoms with van der Waals surface area (Å²) in [7, 11) is 1.73. The number of nitrogens with zero attached hydrogens (tertiary/aromatic N) is 2. The van der Waals surface area contributed by atoms with Gasteiger partial charge < -0.3 is 19.5 Å². The SMILES string of the molecule is COc1ccccc1N1CCN(CCOc2cc(C)c(O)cc2C(C)C)CC1.Cl. The molecular formula is C23H33ClN2O3. The third-order valence-electron chi connectivity index (χ3n) is 5.41. The van der Waals surface area contributed by atoms with Gasteiger partial charge in [-0.2, -0.15) is 0 Å².